The molecule has 8 heteroatoms. The second-order valence-corrected chi connectivity index (χ2v) is 7.99. The van der Waals surface area contributed by atoms with Crippen molar-refractivity contribution in [2.75, 3.05) is 52.8 Å². The van der Waals surface area contributed by atoms with Crippen molar-refractivity contribution in [3.05, 3.63) is 36.8 Å². The Labute approximate surface area is 171 Å². The molecule has 2 aliphatic rings. The smallest absolute Gasteiger partial charge is 0.331 e. The van der Waals surface area contributed by atoms with Crippen molar-refractivity contribution in [2.24, 2.45) is 0 Å². The van der Waals surface area contributed by atoms with E-state index in [2.05, 4.69) is 9.88 Å². The number of amides is 1. The molecule has 3 heterocycles. The van der Waals surface area contributed by atoms with E-state index in [1.807, 2.05) is 38.1 Å². The van der Waals surface area contributed by atoms with Crippen LogP contribution in [0.4, 0.5) is 4.79 Å². The van der Waals surface area contributed by atoms with Gasteiger partial charge in [-0.1, -0.05) is 0 Å². The first-order valence-corrected chi connectivity index (χ1v) is 10.00. The van der Waals surface area contributed by atoms with Crippen LogP contribution in [-0.2, 0) is 9.47 Å². The molecule has 2 fully saturated rings. The summed E-state index contributed by atoms with van der Waals surface area (Å²) >= 11 is 0. The summed E-state index contributed by atoms with van der Waals surface area (Å²) in [4.78, 5) is 21.2. The average molecular weight is 400 g/mol. The van der Waals surface area contributed by atoms with E-state index in [1.54, 1.807) is 17.4 Å². The largest absolute Gasteiger partial charge is 0.492 e. The van der Waals surface area contributed by atoms with Gasteiger partial charge >= 0.3 is 6.03 Å². The van der Waals surface area contributed by atoms with Crippen LogP contribution in [-0.4, -0.2) is 83.7 Å². The Kier molecular flexibility index (Phi) is 5.84. The van der Waals surface area contributed by atoms with Crippen LogP contribution < -0.4 is 4.74 Å². The Morgan fingerprint density at radius 1 is 1.17 bits per heavy atom. The minimum atomic E-state index is -0.318. The highest BCUT2D eigenvalue weighted by Crippen LogP contribution is 2.24. The number of nitrogens with zero attached hydrogens (tertiary/aromatic N) is 4. The van der Waals surface area contributed by atoms with Crippen LogP contribution in [0.25, 0.3) is 11.3 Å². The van der Waals surface area contributed by atoms with Gasteiger partial charge in [-0.25, -0.2) is 9.78 Å². The lowest BCUT2D eigenvalue weighted by atomic mass is 10.1. The third-order valence-electron chi connectivity index (χ3n) is 5.37. The second-order valence-electron chi connectivity index (χ2n) is 7.99. The Balaban J connectivity index is 1.34. The lowest BCUT2D eigenvalue weighted by molar-refractivity contribution is 0.0322. The minimum absolute atomic E-state index is 0.130. The number of rotatable bonds is 5. The minimum Gasteiger partial charge on any atom is -0.492 e. The number of hydrogen-bond donors (Lipinski definition) is 0. The van der Waals surface area contributed by atoms with Crippen molar-refractivity contribution >= 4 is 6.03 Å². The van der Waals surface area contributed by atoms with Crippen molar-refractivity contribution in [2.45, 2.75) is 19.4 Å². The number of aromatic nitrogens is 2. The molecule has 2 aromatic rings. The first kappa shape index (κ1) is 19.9. The van der Waals surface area contributed by atoms with Gasteiger partial charge in [0.2, 0.25) is 0 Å². The lowest BCUT2D eigenvalue weighted by Crippen LogP contribution is -2.45. The van der Waals surface area contributed by atoms with Gasteiger partial charge in [0.1, 0.15) is 25.4 Å². The zero-order chi connectivity index (χ0) is 20.3. The average Bonchev–Trinajstić information content (AvgIpc) is 3.35. The van der Waals surface area contributed by atoms with Gasteiger partial charge < -0.3 is 14.2 Å². The molecule has 0 radical (unpaired) electrons. The van der Waals surface area contributed by atoms with E-state index >= 15 is 0 Å². The maximum absolute atomic E-state index is 12.7. The van der Waals surface area contributed by atoms with E-state index in [4.69, 9.17) is 14.2 Å². The molecular formula is C21H28N4O4. The highest BCUT2D eigenvalue weighted by atomic mass is 16.5. The molecule has 2 saturated heterocycles. The van der Waals surface area contributed by atoms with Gasteiger partial charge in [-0.05, 0) is 38.1 Å². The van der Waals surface area contributed by atoms with Gasteiger partial charge in [-0.15, -0.1) is 0 Å². The van der Waals surface area contributed by atoms with Crippen LogP contribution in [0.5, 0.6) is 5.75 Å². The fraction of sp³-hybridized carbons (Fsp3) is 0.524. The van der Waals surface area contributed by atoms with E-state index in [0.29, 0.717) is 19.9 Å². The summed E-state index contributed by atoms with van der Waals surface area (Å²) in [5.41, 5.74) is 1.37. The lowest BCUT2D eigenvalue weighted by Gasteiger charge is -2.28. The van der Waals surface area contributed by atoms with Crippen molar-refractivity contribution in [1.29, 1.82) is 0 Å². The fourth-order valence-corrected chi connectivity index (χ4v) is 3.51. The Bertz CT molecular complexity index is 827. The molecule has 0 N–H and O–H groups in total. The predicted molar refractivity (Wildman–Crippen MR) is 108 cm³/mol. The molecule has 4 rings (SSSR count). The number of benzene rings is 1. The van der Waals surface area contributed by atoms with Gasteiger partial charge in [-0.2, -0.15) is 0 Å². The first-order valence-electron chi connectivity index (χ1n) is 10.00. The van der Waals surface area contributed by atoms with Crippen LogP contribution in [0.15, 0.2) is 36.8 Å². The SMILES string of the molecule is CC1(C)COCN1C(=O)n1cnc(-c2ccc(OCCN3CCOCC3)cc2)c1. The van der Waals surface area contributed by atoms with Crippen molar-refractivity contribution in [3.8, 4) is 17.0 Å². The molecule has 8 nitrogen and oxygen atoms in total. The molecule has 29 heavy (non-hydrogen) atoms. The standard InChI is InChI=1S/C21H28N4O4/c1-21(2)14-28-16-25(21)20(26)24-13-19(22-15-24)17-3-5-18(6-4-17)29-12-9-23-7-10-27-11-8-23/h3-6,13,15H,7-12,14,16H2,1-2H3. The van der Waals surface area contributed by atoms with Crippen LogP contribution in [0, 0.1) is 0 Å². The quantitative estimate of drug-likeness (QED) is 0.767. The Morgan fingerprint density at radius 2 is 1.93 bits per heavy atom. The number of morpholine rings is 1. The van der Waals surface area contributed by atoms with E-state index in [1.165, 1.54) is 4.57 Å². The molecular weight excluding hydrogens is 372 g/mol. The molecule has 0 saturated carbocycles. The Morgan fingerprint density at radius 3 is 2.62 bits per heavy atom. The van der Waals surface area contributed by atoms with Crippen molar-refractivity contribution < 1.29 is 19.0 Å². The fourth-order valence-electron chi connectivity index (χ4n) is 3.51. The molecule has 0 unspecified atom stereocenters. The summed E-state index contributed by atoms with van der Waals surface area (Å²) in [6.45, 7) is 9.89. The molecule has 0 bridgehead atoms. The molecule has 1 amide bonds. The van der Waals surface area contributed by atoms with Gasteiger partial charge in [-0.3, -0.25) is 14.4 Å². The van der Waals surface area contributed by atoms with Gasteiger partial charge in [0.05, 0.1) is 31.1 Å². The number of hydrogen-bond acceptors (Lipinski definition) is 6. The third-order valence-corrected chi connectivity index (χ3v) is 5.37. The molecule has 0 spiro atoms. The zero-order valence-electron chi connectivity index (χ0n) is 17.0. The molecule has 0 atom stereocenters. The van der Waals surface area contributed by atoms with E-state index < -0.39 is 0 Å². The topological polar surface area (TPSA) is 69.1 Å². The van der Waals surface area contributed by atoms with Crippen molar-refractivity contribution in [3.63, 3.8) is 0 Å². The van der Waals surface area contributed by atoms with Gasteiger partial charge in [0.15, 0.2) is 0 Å². The molecule has 1 aromatic carbocycles. The molecule has 2 aliphatic heterocycles. The molecule has 0 aliphatic carbocycles. The zero-order valence-corrected chi connectivity index (χ0v) is 17.0. The van der Waals surface area contributed by atoms with Crippen LogP contribution in [0.3, 0.4) is 0 Å². The predicted octanol–water partition coefficient (Wildman–Crippen LogP) is 2.30. The van der Waals surface area contributed by atoms with Crippen LogP contribution >= 0.6 is 0 Å². The van der Waals surface area contributed by atoms with E-state index in [-0.39, 0.29) is 11.6 Å². The summed E-state index contributed by atoms with van der Waals surface area (Å²) in [6.07, 6.45) is 3.31. The maximum atomic E-state index is 12.7. The summed E-state index contributed by atoms with van der Waals surface area (Å²) < 4.78 is 18.2. The number of carbonyl (C=O) groups excluding carboxylic acids is 1. The highest BCUT2D eigenvalue weighted by molar-refractivity contribution is 5.79. The summed E-state index contributed by atoms with van der Waals surface area (Å²) in [5.74, 6) is 0.827. The number of carbonyl (C=O) groups is 1. The summed E-state index contributed by atoms with van der Waals surface area (Å²) in [6, 6.07) is 7.67. The van der Waals surface area contributed by atoms with Crippen LogP contribution in [0.2, 0.25) is 0 Å². The maximum Gasteiger partial charge on any atom is 0.331 e. The molecule has 1 aromatic heterocycles. The highest BCUT2D eigenvalue weighted by Gasteiger charge is 2.37. The monoisotopic (exact) mass is 400 g/mol. The number of imidazole rings is 1. The first-order chi connectivity index (χ1) is 14.0. The molecule has 156 valence electrons. The summed E-state index contributed by atoms with van der Waals surface area (Å²) in [7, 11) is 0. The normalized spacial score (nSPS) is 19.4. The second kappa shape index (κ2) is 8.52. The van der Waals surface area contributed by atoms with Crippen LogP contribution in [0.1, 0.15) is 13.8 Å². The third kappa shape index (κ3) is 4.60. The summed E-state index contributed by atoms with van der Waals surface area (Å²) in [5, 5.41) is 0. The number of ether oxygens (including phenoxy) is 3. The van der Waals surface area contributed by atoms with Gasteiger partial charge in [0, 0.05) is 31.4 Å². The van der Waals surface area contributed by atoms with Crippen molar-refractivity contribution in [1.82, 2.24) is 19.4 Å². The van der Waals surface area contributed by atoms with Gasteiger partial charge in [0.25, 0.3) is 0 Å². The van der Waals surface area contributed by atoms with E-state index in [0.717, 1.165) is 49.9 Å². The Hall–Kier alpha value is -2.42. The van der Waals surface area contributed by atoms with E-state index in [9.17, 15) is 4.79 Å².